The van der Waals surface area contributed by atoms with Crippen LogP contribution in [-0.4, -0.2) is 62.7 Å². The molecule has 0 radical (unpaired) electrons. The Labute approximate surface area is 176 Å². The molecule has 8 heteroatoms. The summed E-state index contributed by atoms with van der Waals surface area (Å²) in [4.78, 5) is 26.0. The van der Waals surface area contributed by atoms with Gasteiger partial charge in [-0.1, -0.05) is 38.9 Å². The largest absolute Gasteiger partial charge is 0.450 e. The molecule has 1 rings (SSSR count). The number of alkyl halides is 1. The fraction of sp³-hybridized carbons (Fsp3) is 0.905. The van der Waals surface area contributed by atoms with Crippen LogP contribution >= 0.6 is 0 Å². The van der Waals surface area contributed by atoms with Gasteiger partial charge in [-0.3, -0.25) is 0 Å². The minimum atomic E-state index is -1.32. The Hall–Kier alpha value is -1.31. The van der Waals surface area contributed by atoms with Crippen LogP contribution in [0.3, 0.4) is 0 Å². The van der Waals surface area contributed by atoms with Gasteiger partial charge in [0.25, 0.3) is 0 Å². The third-order valence-corrected chi connectivity index (χ3v) is 6.67. The lowest BCUT2D eigenvalue weighted by atomic mass is 9.82. The smallest absolute Gasteiger partial charge is 0.409 e. The molecule has 1 aliphatic rings. The van der Waals surface area contributed by atoms with Crippen LogP contribution in [-0.2, 0) is 9.47 Å². The Morgan fingerprint density at radius 2 is 1.76 bits per heavy atom. The molecule has 0 spiro atoms. The van der Waals surface area contributed by atoms with Gasteiger partial charge in [0, 0.05) is 28.1 Å². The highest BCUT2D eigenvalue weighted by Crippen LogP contribution is 2.35. The zero-order valence-electron chi connectivity index (χ0n) is 19.4. The van der Waals surface area contributed by atoms with Crippen molar-refractivity contribution in [2.45, 2.75) is 102 Å². The summed E-state index contributed by atoms with van der Waals surface area (Å²) in [5.41, 5.74) is -1.96. The molecular weight excluding hydrogens is 391 g/mol. The number of halogens is 1. The molecule has 0 aromatic heterocycles. The van der Waals surface area contributed by atoms with E-state index in [0.717, 1.165) is 25.3 Å². The first-order chi connectivity index (χ1) is 13.2. The molecule has 1 unspecified atom stereocenters. The molecule has 170 valence electrons. The Balaban J connectivity index is 2.70. The number of rotatable bonds is 8. The van der Waals surface area contributed by atoms with Gasteiger partial charge < -0.3 is 19.7 Å². The summed E-state index contributed by atoms with van der Waals surface area (Å²) < 4.78 is 26.0. The topological polar surface area (TPSA) is 67.9 Å². The van der Waals surface area contributed by atoms with E-state index in [9.17, 15) is 9.59 Å². The van der Waals surface area contributed by atoms with Crippen molar-refractivity contribution in [3.8, 4) is 0 Å². The van der Waals surface area contributed by atoms with Crippen molar-refractivity contribution in [1.82, 2.24) is 10.2 Å². The van der Waals surface area contributed by atoms with Gasteiger partial charge in [-0.2, -0.15) is 0 Å². The average molecular weight is 433 g/mol. The molecule has 0 aromatic rings. The number of nitrogens with one attached hydrogen (secondary N) is 1. The van der Waals surface area contributed by atoms with Crippen LogP contribution in [0.5, 0.6) is 0 Å². The first kappa shape index (κ1) is 25.7. The Morgan fingerprint density at radius 3 is 2.28 bits per heavy atom. The second-order valence-electron chi connectivity index (χ2n) is 10.6. The van der Waals surface area contributed by atoms with E-state index in [4.69, 9.17) is 9.47 Å². The molecular formula is C21H41FN2O4Si. The fourth-order valence-electron chi connectivity index (χ4n) is 3.43. The summed E-state index contributed by atoms with van der Waals surface area (Å²) in [6.07, 6.45) is 2.85. The van der Waals surface area contributed by atoms with E-state index in [2.05, 4.69) is 25.0 Å². The minimum Gasteiger partial charge on any atom is -0.450 e. The summed E-state index contributed by atoms with van der Waals surface area (Å²) in [7, 11) is 0.324. The van der Waals surface area contributed by atoms with Crippen LogP contribution in [0.1, 0.15) is 59.3 Å². The van der Waals surface area contributed by atoms with Crippen LogP contribution in [0.2, 0.25) is 25.7 Å². The second kappa shape index (κ2) is 10.6. The maximum atomic E-state index is 15.3. The summed E-state index contributed by atoms with van der Waals surface area (Å²) in [6, 6.07) is 0.349. The third-order valence-electron chi connectivity index (χ3n) is 4.97. The quantitative estimate of drug-likeness (QED) is 0.525. The molecule has 1 aliphatic carbocycles. The molecule has 6 nitrogen and oxygen atoms in total. The number of ether oxygens (including phenoxy) is 2. The Morgan fingerprint density at radius 1 is 1.17 bits per heavy atom. The van der Waals surface area contributed by atoms with E-state index < -0.39 is 37.6 Å². The molecule has 29 heavy (non-hydrogen) atoms. The fourth-order valence-corrected chi connectivity index (χ4v) is 4.14. The first-order valence-electron chi connectivity index (χ1n) is 10.8. The highest BCUT2D eigenvalue weighted by molar-refractivity contribution is 6.76. The van der Waals surface area contributed by atoms with Gasteiger partial charge in [-0.05, 0) is 39.7 Å². The normalized spacial score (nSPS) is 17.9. The predicted octanol–water partition coefficient (Wildman–Crippen LogP) is 5.35. The molecule has 0 aliphatic heterocycles. The molecule has 0 bridgehead atoms. The van der Waals surface area contributed by atoms with Crippen LogP contribution < -0.4 is 5.32 Å². The van der Waals surface area contributed by atoms with Crippen LogP contribution in [0.25, 0.3) is 0 Å². The molecule has 0 saturated heterocycles. The average Bonchev–Trinajstić information content (AvgIpc) is 2.51. The second-order valence-corrected chi connectivity index (χ2v) is 16.2. The van der Waals surface area contributed by atoms with Crippen molar-refractivity contribution in [3.05, 3.63) is 0 Å². The summed E-state index contributed by atoms with van der Waals surface area (Å²) in [5, 5.41) is 2.77. The molecule has 1 atom stereocenters. The number of likely N-dealkylation sites (N-methyl/N-ethyl adjacent to an activating group) is 1. The number of carbonyl (C=O) groups excluding carboxylic acids is 2. The third kappa shape index (κ3) is 11.5. The van der Waals surface area contributed by atoms with E-state index in [1.165, 1.54) is 4.90 Å². The number of hydrogen-bond donors (Lipinski definition) is 1. The van der Waals surface area contributed by atoms with Crippen molar-refractivity contribution in [3.63, 3.8) is 0 Å². The van der Waals surface area contributed by atoms with Crippen molar-refractivity contribution in [2.75, 3.05) is 20.2 Å². The monoisotopic (exact) mass is 432 g/mol. The molecule has 0 heterocycles. The zero-order valence-corrected chi connectivity index (χ0v) is 20.4. The number of carbonyl (C=O) groups is 2. The van der Waals surface area contributed by atoms with E-state index in [0.29, 0.717) is 19.4 Å². The Kier molecular flexibility index (Phi) is 9.43. The molecule has 1 fully saturated rings. The highest BCUT2D eigenvalue weighted by atomic mass is 28.3. The van der Waals surface area contributed by atoms with Gasteiger partial charge in [0.15, 0.2) is 0 Å². The van der Waals surface area contributed by atoms with Crippen molar-refractivity contribution >= 4 is 20.3 Å². The van der Waals surface area contributed by atoms with Gasteiger partial charge >= 0.3 is 12.2 Å². The number of nitrogens with zero attached hydrogens (tertiary/aromatic N) is 1. The number of hydrogen-bond acceptors (Lipinski definition) is 4. The summed E-state index contributed by atoms with van der Waals surface area (Å²) in [5.74, 6) is 0. The minimum absolute atomic E-state index is 0.165. The van der Waals surface area contributed by atoms with Gasteiger partial charge in [-0.15, -0.1) is 0 Å². The van der Waals surface area contributed by atoms with Gasteiger partial charge in [0.1, 0.15) is 11.3 Å². The van der Waals surface area contributed by atoms with Crippen LogP contribution in [0.15, 0.2) is 0 Å². The molecule has 0 aromatic carbocycles. The van der Waals surface area contributed by atoms with Crippen molar-refractivity contribution in [1.29, 1.82) is 0 Å². The van der Waals surface area contributed by atoms with Crippen molar-refractivity contribution in [2.24, 2.45) is 0 Å². The van der Waals surface area contributed by atoms with E-state index in [-0.39, 0.29) is 13.0 Å². The molecule has 1 saturated carbocycles. The molecule has 2 amide bonds. The molecule has 1 N–H and O–H groups in total. The number of alkyl carbamates (subject to hydrolysis) is 1. The Bertz CT molecular complexity index is 540. The van der Waals surface area contributed by atoms with Crippen LogP contribution in [0.4, 0.5) is 14.0 Å². The summed E-state index contributed by atoms with van der Waals surface area (Å²) in [6.45, 7) is 12.6. The van der Waals surface area contributed by atoms with E-state index in [1.807, 2.05) is 0 Å². The van der Waals surface area contributed by atoms with E-state index >= 15 is 4.39 Å². The van der Waals surface area contributed by atoms with Crippen LogP contribution in [0, 0.1) is 0 Å². The summed E-state index contributed by atoms with van der Waals surface area (Å²) >= 11 is 0. The predicted molar refractivity (Wildman–Crippen MR) is 117 cm³/mol. The number of amides is 2. The standard InChI is InChI=1S/C21H41FN2O4Si/c1-20(2,3)28-18(25)23-17(15-21(22)11-9-8-10-12-21)16-24(4)19(26)27-13-14-29(5,6)7/h17H,8-16H2,1-7H3,(H,23,25). The first-order valence-corrected chi connectivity index (χ1v) is 14.5. The van der Waals surface area contributed by atoms with Gasteiger partial charge in [-0.25, -0.2) is 14.0 Å². The lowest BCUT2D eigenvalue weighted by Gasteiger charge is -2.34. The van der Waals surface area contributed by atoms with Gasteiger partial charge in [0.2, 0.25) is 0 Å². The van der Waals surface area contributed by atoms with Gasteiger partial charge in [0.05, 0.1) is 12.6 Å². The zero-order chi connectivity index (χ0) is 22.3. The maximum Gasteiger partial charge on any atom is 0.409 e. The SMILES string of the molecule is CN(CC(CC1(F)CCCCC1)NC(=O)OC(C)(C)C)C(=O)OCC[Si](C)(C)C. The lowest BCUT2D eigenvalue weighted by molar-refractivity contribution is 0.0402. The maximum absolute atomic E-state index is 15.3. The lowest BCUT2D eigenvalue weighted by Crippen LogP contribution is -2.49. The van der Waals surface area contributed by atoms with Crippen molar-refractivity contribution < 1.29 is 23.5 Å². The van der Waals surface area contributed by atoms with E-state index in [1.54, 1.807) is 27.8 Å². The highest BCUT2D eigenvalue weighted by Gasteiger charge is 2.36.